The fourth-order valence-corrected chi connectivity index (χ4v) is 4.93. The molecule has 0 saturated carbocycles. The Morgan fingerprint density at radius 3 is 2.12 bits per heavy atom. The highest BCUT2D eigenvalue weighted by Crippen LogP contribution is 2.21. The van der Waals surface area contributed by atoms with Crippen LogP contribution in [0.15, 0.2) is 53.4 Å². The maximum Gasteiger partial charge on any atom is 0.261 e. The first kappa shape index (κ1) is 24.2. The van der Waals surface area contributed by atoms with Crippen LogP contribution in [0, 0.1) is 5.82 Å². The average molecular weight is 478 g/mol. The number of hydrogen-bond donors (Lipinski definition) is 1. The number of hydrogen-bond acceptors (Lipinski definition) is 6. The standard InChI is InChI=1S/C22H24FN3O6S/c1-15(27)25-11-13-26(14-12-25)22(29)21(33(30,31)17-9-7-16(23)8-10-17)24-20(28)18-5-3-4-6-19(18)32-2/h3-10,21H,11-14H2,1-2H3,(H,24,28)/t21-/m1/s1. The molecule has 0 unspecified atom stereocenters. The summed E-state index contributed by atoms with van der Waals surface area (Å²) >= 11 is 0. The SMILES string of the molecule is COc1ccccc1C(=O)N[C@@H](C(=O)N1CCN(C(C)=O)CC1)S(=O)(=O)c1ccc(F)cc1. The Balaban J connectivity index is 1.94. The molecule has 0 spiro atoms. The zero-order chi connectivity index (χ0) is 24.2. The normalized spacial score (nSPS) is 15.0. The number of sulfone groups is 1. The number of rotatable bonds is 6. The van der Waals surface area contributed by atoms with Gasteiger partial charge in [0.2, 0.25) is 21.1 Å². The van der Waals surface area contributed by atoms with Crippen LogP contribution >= 0.6 is 0 Å². The molecule has 1 atom stereocenters. The van der Waals surface area contributed by atoms with Crippen molar-refractivity contribution in [1.82, 2.24) is 15.1 Å². The molecule has 9 nitrogen and oxygen atoms in total. The summed E-state index contributed by atoms with van der Waals surface area (Å²) < 4.78 is 45.2. The van der Waals surface area contributed by atoms with Gasteiger partial charge in [0.15, 0.2) is 0 Å². The molecule has 0 radical (unpaired) electrons. The highest BCUT2D eigenvalue weighted by Gasteiger charge is 2.39. The lowest BCUT2D eigenvalue weighted by molar-refractivity contribution is -0.138. The van der Waals surface area contributed by atoms with Crippen LogP contribution in [0.3, 0.4) is 0 Å². The fourth-order valence-electron chi connectivity index (χ4n) is 3.47. The number of carbonyl (C=O) groups excluding carboxylic acids is 3. The van der Waals surface area contributed by atoms with Crippen molar-refractivity contribution in [3.8, 4) is 5.75 Å². The van der Waals surface area contributed by atoms with Gasteiger partial charge >= 0.3 is 0 Å². The van der Waals surface area contributed by atoms with E-state index in [1.165, 1.54) is 31.1 Å². The Labute approximate surface area is 191 Å². The number of nitrogens with one attached hydrogen (secondary N) is 1. The van der Waals surface area contributed by atoms with Crippen molar-refractivity contribution >= 4 is 27.6 Å². The lowest BCUT2D eigenvalue weighted by Crippen LogP contribution is -2.57. The van der Waals surface area contributed by atoms with E-state index >= 15 is 0 Å². The number of piperazine rings is 1. The molecule has 1 N–H and O–H groups in total. The summed E-state index contributed by atoms with van der Waals surface area (Å²) in [5.41, 5.74) is 0.0495. The van der Waals surface area contributed by atoms with Crippen molar-refractivity contribution in [2.24, 2.45) is 0 Å². The van der Waals surface area contributed by atoms with Crippen molar-refractivity contribution < 1.29 is 31.9 Å². The molecule has 176 valence electrons. The molecule has 0 aliphatic carbocycles. The first-order valence-corrected chi connectivity index (χ1v) is 11.7. The number of methoxy groups -OCH3 is 1. The van der Waals surface area contributed by atoms with E-state index in [1.54, 1.807) is 17.0 Å². The maximum absolute atomic E-state index is 13.4. The third-order valence-corrected chi connectivity index (χ3v) is 7.20. The minimum atomic E-state index is -4.43. The Hall–Kier alpha value is -3.47. The molecule has 3 rings (SSSR count). The maximum atomic E-state index is 13.4. The van der Waals surface area contributed by atoms with Gasteiger partial charge in [0.25, 0.3) is 11.8 Å². The Morgan fingerprint density at radius 2 is 1.55 bits per heavy atom. The summed E-state index contributed by atoms with van der Waals surface area (Å²) in [7, 11) is -3.07. The third-order valence-electron chi connectivity index (χ3n) is 5.33. The highest BCUT2D eigenvalue weighted by atomic mass is 32.2. The molecule has 1 heterocycles. The van der Waals surface area contributed by atoms with Gasteiger partial charge in [-0.1, -0.05) is 12.1 Å². The van der Waals surface area contributed by atoms with Crippen LogP contribution < -0.4 is 10.1 Å². The van der Waals surface area contributed by atoms with Gasteiger partial charge in [-0.05, 0) is 36.4 Å². The molecule has 11 heteroatoms. The second-order valence-corrected chi connectivity index (χ2v) is 9.42. The van der Waals surface area contributed by atoms with Gasteiger partial charge < -0.3 is 19.9 Å². The molecular formula is C22H24FN3O6S. The van der Waals surface area contributed by atoms with Crippen molar-refractivity contribution in [2.45, 2.75) is 17.2 Å². The van der Waals surface area contributed by atoms with Crippen molar-refractivity contribution in [2.75, 3.05) is 33.3 Å². The quantitative estimate of drug-likeness (QED) is 0.623. The number of para-hydroxylation sites is 1. The molecule has 1 fully saturated rings. The summed E-state index contributed by atoms with van der Waals surface area (Å²) in [6, 6.07) is 10.2. The molecule has 0 aromatic heterocycles. The Kier molecular flexibility index (Phi) is 7.32. The minimum absolute atomic E-state index is 0.0495. The summed E-state index contributed by atoms with van der Waals surface area (Å²) in [6.45, 7) is 2.11. The summed E-state index contributed by atoms with van der Waals surface area (Å²) in [5.74, 6) is -2.25. The smallest absolute Gasteiger partial charge is 0.261 e. The van der Waals surface area contributed by atoms with E-state index in [9.17, 15) is 27.2 Å². The first-order valence-electron chi connectivity index (χ1n) is 10.1. The number of benzene rings is 2. The zero-order valence-corrected chi connectivity index (χ0v) is 19.0. The van der Waals surface area contributed by atoms with Gasteiger partial charge in [0.05, 0.1) is 17.6 Å². The van der Waals surface area contributed by atoms with Gasteiger partial charge in [0.1, 0.15) is 11.6 Å². The molecule has 3 amide bonds. The molecule has 1 saturated heterocycles. The highest BCUT2D eigenvalue weighted by molar-refractivity contribution is 7.92. The van der Waals surface area contributed by atoms with Crippen LogP contribution in [0.5, 0.6) is 5.75 Å². The lowest BCUT2D eigenvalue weighted by Gasteiger charge is -2.36. The lowest BCUT2D eigenvalue weighted by atomic mass is 10.2. The molecule has 33 heavy (non-hydrogen) atoms. The van der Waals surface area contributed by atoms with Gasteiger partial charge in [-0.15, -0.1) is 0 Å². The molecular weight excluding hydrogens is 453 g/mol. The first-order chi connectivity index (χ1) is 15.6. The van der Waals surface area contributed by atoms with Gasteiger partial charge in [-0.3, -0.25) is 14.4 Å². The van der Waals surface area contributed by atoms with Crippen LogP contribution in [0.4, 0.5) is 4.39 Å². The van der Waals surface area contributed by atoms with Gasteiger partial charge in [-0.2, -0.15) is 0 Å². The average Bonchev–Trinajstić information content (AvgIpc) is 2.82. The zero-order valence-electron chi connectivity index (χ0n) is 18.2. The van der Waals surface area contributed by atoms with Crippen molar-refractivity contribution in [3.05, 3.63) is 59.9 Å². The number of carbonyl (C=O) groups is 3. The van der Waals surface area contributed by atoms with Crippen molar-refractivity contribution in [3.63, 3.8) is 0 Å². The van der Waals surface area contributed by atoms with E-state index in [0.29, 0.717) is 0 Å². The Morgan fingerprint density at radius 1 is 0.970 bits per heavy atom. The topological polar surface area (TPSA) is 113 Å². The van der Waals surface area contributed by atoms with E-state index < -0.39 is 32.8 Å². The summed E-state index contributed by atoms with van der Waals surface area (Å²) in [4.78, 5) is 40.3. The second kappa shape index (κ2) is 9.99. The fraction of sp³-hybridized carbons (Fsp3) is 0.318. The molecule has 1 aliphatic heterocycles. The number of amides is 3. The largest absolute Gasteiger partial charge is 0.496 e. The molecule has 1 aliphatic rings. The van der Waals surface area contributed by atoms with Gasteiger partial charge in [0, 0.05) is 33.1 Å². The second-order valence-electron chi connectivity index (χ2n) is 7.38. The van der Waals surface area contributed by atoms with Crippen LogP contribution in [-0.4, -0.2) is 74.6 Å². The number of halogens is 1. The molecule has 2 aromatic carbocycles. The Bertz CT molecular complexity index is 1140. The third kappa shape index (κ3) is 5.30. The van der Waals surface area contributed by atoms with Crippen LogP contribution in [0.25, 0.3) is 0 Å². The predicted octanol–water partition coefficient (Wildman–Crippen LogP) is 1.05. The molecule has 2 aromatic rings. The van der Waals surface area contributed by atoms with Crippen LogP contribution in [0.2, 0.25) is 0 Å². The van der Waals surface area contributed by atoms with E-state index in [2.05, 4.69) is 5.32 Å². The van der Waals surface area contributed by atoms with Gasteiger partial charge in [-0.25, -0.2) is 12.8 Å². The molecule has 0 bridgehead atoms. The number of ether oxygens (including phenoxy) is 1. The van der Waals surface area contributed by atoms with Crippen LogP contribution in [-0.2, 0) is 19.4 Å². The van der Waals surface area contributed by atoms with Crippen molar-refractivity contribution in [1.29, 1.82) is 0 Å². The summed E-state index contributed by atoms with van der Waals surface area (Å²) in [5, 5.41) is 0.366. The van der Waals surface area contributed by atoms with E-state index in [1.807, 2.05) is 0 Å². The van der Waals surface area contributed by atoms with E-state index in [0.717, 1.165) is 24.3 Å². The summed E-state index contributed by atoms with van der Waals surface area (Å²) in [6.07, 6.45) is 0. The van der Waals surface area contributed by atoms with E-state index in [-0.39, 0.29) is 48.3 Å². The minimum Gasteiger partial charge on any atom is -0.496 e. The monoisotopic (exact) mass is 477 g/mol. The van der Waals surface area contributed by atoms with Crippen LogP contribution in [0.1, 0.15) is 17.3 Å². The number of nitrogens with zero attached hydrogens (tertiary/aromatic N) is 2. The van der Waals surface area contributed by atoms with E-state index in [4.69, 9.17) is 4.74 Å². The predicted molar refractivity (Wildman–Crippen MR) is 117 cm³/mol.